The van der Waals surface area contributed by atoms with Crippen molar-refractivity contribution in [3.05, 3.63) is 82.4 Å². The fourth-order valence-corrected chi connectivity index (χ4v) is 5.27. The Bertz CT molecular complexity index is 1390. The van der Waals surface area contributed by atoms with E-state index in [1.54, 1.807) is 0 Å². The Hall–Kier alpha value is -3.06. The molecule has 32 heavy (non-hydrogen) atoms. The molecule has 0 heterocycles. The van der Waals surface area contributed by atoms with E-state index in [9.17, 15) is 25.5 Å². The van der Waals surface area contributed by atoms with E-state index in [1.165, 1.54) is 0 Å². The van der Waals surface area contributed by atoms with Crippen LogP contribution < -0.4 is 0 Å². The Morgan fingerprint density at radius 3 is 1.16 bits per heavy atom. The number of rotatable bonds is 5. The van der Waals surface area contributed by atoms with E-state index in [0.717, 1.165) is 43.1 Å². The van der Waals surface area contributed by atoms with E-state index in [2.05, 4.69) is 0 Å². The largest absolute Gasteiger partial charge is 0.392 e. The summed E-state index contributed by atoms with van der Waals surface area (Å²) in [4.78, 5) is 0. The second-order valence-corrected chi connectivity index (χ2v) is 8.08. The molecule has 5 heteroatoms. The van der Waals surface area contributed by atoms with Crippen LogP contribution in [0.4, 0.5) is 0 Å². The first kappa shape index (κ1) is 20.8. The summed E-state index contributed by atoms with van der Waals surface area (Å²) in [5.74, 6) is 0. The molecule has 0 unspecified atom stereocenters. The molecule has 0 amide bonds. The van der Waals surface area contributed by atoms with Crippen LogP contribution >= 0.6 is 0 Å². The average molecular weight is 428 g/mol. The molecule has 5 rings (SSSR count). The minimum atomic E-state index is -0.284. The molecule has 0 aliphatic carbocycles. The monoisotopic (exact) mass is 428 g/mol. The molecule has 0 atom stereocenters. The van der Waals surface area contributed by atoms with Gasteiger partial charge in [-0.1, -0.05) is 36.4 Å². The molecular weight excluding hydrogens is 404 g/mol. The minimum Gasteiger partial charge on any atom is -0.392 e. The summed E-state index contributed by atoms with van der Waals surface area (Å²) in [6.07, 6.45) is 0. The lowest BCUT2D eigenvalue weighted by Gasteiger charge is -2.20. The first-order valence-corrected chi connectivity index (χ1v) is 10.6. The van der Waals surface area contributed by atoms with Gasteiger partial charge in [0.1, 0.15) is 0 Å². The maximum absolute atomic E-state index is 10.5. The SMILES string of the molecule is OCc1cccc2cc3cc4cc5cccc(CO)c5c(CO)c4c(CO)c3c(CO)c12. The first-order valence-electron chi connectivity index (χ1n) is 10.6. The predicted octanol–water partition coefficient (Wildman–Crippen LogP) is 3.76. The van der Waals surface area contributed by atoms with Crippen LogP contribution in [0.1, 0.15) is 27.8 Å². The lowest BCUT2D eigenvalue weighted by Crippen LogP contribution is -2.02. The molecule has 0 spiro atoms. The molecule has 5 aromatic carbocycles. The highest BCUT2D eigenvalue weighted by molar-refractivity contribution is 6.15. The van der Waals surface area contributed by atoms with Gasteiger partial charge in [0.05, 0.1) is 33.0 Å². The van der Waals surface area contributed by atoms with Gasteiger partial charge in [0, 0.05) is 0 Å². The first-order chi connectivity index (χ1) is 15.7. The van der Waals surface area contributed by atoms with E-state index >= 15 is 0 Å². The van der Waals surface area contributed by atoms with E-state index < -0.39 is 0 Å². The Morgan fingerprint density at radius 2 is 0.781 bits per heavy atom. The highest BCUT2D eigenvalue weighted by atomic mass is 16.3. The normalized spacial score (nSPS) is 11.9. The highest BCUT2D eigenvalue weighted by Gasteiger charge is 2.19. The van der Waals surface area contributed by atoms with Gasteiger partial charge in [-0.15, -0.1) is 0 Å². The Morgan fingerprint density at radius 1 is 0.406 bits per heavy atom. The summed E-state index contributed by atoms with van der Waals surface area (Å²) >= 11 is 0. The number of aliphatic hydroxyl groups is 5. The number of fused-ring (bicyclic) bond motifs is 4. The zero-order chi connectivity index (χ0) is 22.4. The van der Waals surface area contributed by atoms with Crippen LogP contribution in [-0.2, 0) is 33.0 Å². The zero-order valence-corrected chi connectivity index (χ0v) is 17.5. The molecule has 162 valence electrons. The number of hydrogen-bond acceptors (Lipinski definition) is 5. The third-order valence-corrected chi connectivity index (χ3v) is 6.50. The van der Waals surface area contributed by atoms with Gasteiger partial charge in [0.15, 0.2) is 0 Å². The smallest absolute Gasteiger partial charge is 0.0694 e. The molecule has 0 aliphatic rings. The molecule has 0 bridgehead atoms. The van der Waals surface area contributed by atoms with Crippen LogP contribution in [0.15, 0.2) is 54.6 Å². The molecule has 0 aliphatic heterocycles. The van der Waals surface area contributed by atoms with Crippen molar-refractivity contribution in [3.63, 3.8) is 0 Å². The molecule has 0 radical (unpaired) electrons. The third-order valence-electron chi connectivity index (χ3n) is 6.50. The van der Waals surface area contributed by atoms with Gasteiger partial charge in [-0.05, 0) is 89.1 Å². The summed E-state index contributed by atoms with van der Waals surface area (Å²) in [5, 5.41) is 57.6. The van der Waals surface area contributed by atoms with Gasteiger partial charge in [-0.25, -0.2) is 0 Å². The Labute approximate surface area is 184 Å². The molecule has 0 saturated carbocycles. The van der Waals surface area contributed by atoms with Crippen LogP contribution in [0.5, 0.6) is 0 Å². The maximum atomic E-state index is 10.5. The van der Waals surface area contributed by atoms with Crippen molar-refractivity contribution >= 4 is 43.1 Å². The van der Waals surface area contributed by atoms with Crippen LogP contribution in [-0.4, -0.2) is 25.5 Å². The van der Waals surface area contributed by atoms with Crippen molar-refractivity contribution in [2.24, 2.45) is 0 Å². The van der Waals surface area contributed by atoms with Crippen molar-refractivity contribution in [1.82, 2.24) is 0 Å². The molecule has 5 nitrogen and oxygen atoms in total. The maximum Gasteiger partial charge on any atom is 0.0694 e. The summed E-state index contributed by atoms with van der Waals surface area (Å²) < 4.78 is 0. The molecule has 5 N–H and O–H groups in total. The van der Waals surface area contributed by atoms with Crippen molar-refractivity contribution in [1.29, 1.82) is 0 Å². The topological polar surface area (TPSA) is 101 Å². The molecule has 0 fully saturated rings. The Kier molecular flexibility index (Phi) is 5.29. The van der Waals surface area contributed by atoms with Gasteiger partial charge in [0.25, 0.3) is 0 Å². The van der Waals surface area contributed by atoms with Crippen LogP contribution in [0.25, 0.3) is 43.1 Å². The van der Waals surface area contributed by atoms with Crippen molar-refractivity contribution in [2.75, 3.05) is 0 Å². The van der Waals surface area contributed by atoms with Gasteiger partial charge < -0.3 is 25.5 Å². The lowest BCUT2D eigenvalue weighted by atomic mass is 9.85. The molecular formula is C27H24O5. The highest BCUT2D eigenvalue weighted by Crippen LogP contribution is 2.40. The van der Waals surface area contributed by atoms with Crippen molar-refractivity contribution in [2.45, 2.75) is 33.0 Å². The fourth-order valence-electron chi connectivity index (χ4n) is 5.27. The summed E-state index contributed by atoms with van der Waals surface area (Å²) in [6.45, 7) is -1.12. The zero-order valence-electron chi connectivity index (χ0n) is 17.5. The second kappa shape index (κ2) is 8.13. The number of aliphatic hydroxyl groups excluding tert-OH is 5. The average Bonchev–Trinajstić information content (AvgIpc) is 2.83. The van der Waals surface area contributed by atoms with E-state index in [-0.39, 0.29) is 33.0 Å². The van der Waals surface area contributed by atoms with Crippen molar-refractivity contribution in [3.8, 4) is 0 Å². The third kappa shape index (κ3) is 2.91. The quantitative estimate of drug-likeness (QED) is 0.275. The van der Waals surface area contributed by atoms with Gasteiger partial charge in [0.2, 0.25) is 0 Å². The molecule has 0 saturated heterocycles. The fraction of sp³-hybridized carbons (Fsp3) is 0.185. The van der Waals surface area contributed by atoms with Gasteiger partial charge in [-0.3, -0.25) is 0 Å². The van der Waals surface area contributed by atoms with E-state index in [0.29, 0.717) is 27.8 Å². The molecule has 5 aromatic rings. The van der Waals surface area contributed by atoms with E-state index in [1.807, 2.05) is 54.6 Å². The lowest BCUT2D eigenvalue weighted by molar-refractivity contribution is 0.277. The number of hydrogen-bond donors (Lipinski definition) is 5. The second-order valence-electron chi connectivity index (χ2n) is 8.08. The Balaban J connectivity index is 2.08. The standard InChI is InChI=1S/C27H24O5/c28-10-17-5-1-3-15-7-19-9-20-8-16-4-2-6-18(11-29)25(16)22(13-31)27(20)23(14-32)26(19)21(12-30)24(15)17/h1-9,28-32H,10-14H2. The van der Waals surface area contributed by atoms with Gasteiger partial charge in [-0.2, -0.15) is 0 Å². The van der Waals surface area contributed by atoms with Crippen LogP contribution in [0.3, 0.4) is 0 Å². The van der Waals surface area contributed by atoms with E-state index in [4.69, 9.17) is 0 Å². The summed E-state index contributed by atoms with van der Waals surface area (Å²) in [6, 6.07) is 17.3. The summed E-state index contributed by atoms with van der Waals surface area (Å²) in [7, 11) is 0. The summed E-state index contributed by atoms with van der Waals surface area (Å²) in [5.41, 5.74) is 3.33. The number of benzene rings is 5. The van der Waals surface area contributed by atoms with Gasteiger partial charge >= 0.3 is 0 Å². The predicted molar refractivity (Wildman–Crippen MR) is 126 cm³/mol. The molecule has 0 aromatic heterocycles. The van der Waals surface area contributed by atoms with Crippen LogP contribution in [0.2, 0.25) is 0 Å². The van der Waals surface area contributed by atoms with Crippen molar-refractivity contribution < 1.29 is 25.5 Å². The minimum absolute atomic E-state index is 0.162. The van der Waals surface area contributed by atoms with Crippen LogP contribution in [0, 0.1) is 0 Å².